The van der Waals surface area contributed by atoms with Crippen molar-refractivity contribution in [3.8, 4) is 0 Å². The van der Waals surface area contributed by atoms with Crippen molar-refractivity contribution in [1.82, 2.24) is 5.32 Å². The summed E-state index contributed by atoms with van der Waals surface area (Å²) in [6.07, 6.45) is 0.391. The fourth-order valence-corrected chi connectivity index (χ4v) is 0.631. The van der Waals surface area contributed by atoms with Crippen molar-refractivity contribution in [2.24, 2.45) is 5.92 Å². The molecule has 0 spiro atoms. The lowest BCUT2D eigenvalue weighted by Crippen LogP contribution is -2.20. The largest absolute Gasteiger partial charge is 0.469 e. The number of carbonyl (C=O) groups excluding carboxylic acids is 1. The molecule has 3 nitrogen and oxygen atoms in total. The third kappa shape index (κ3) is 4.77. The van der Waals surface area contributed by atoms with Crippen molar-refractivity contribution in [2.45, 2.75) is 20.3 Å². The van der Waals surface area contributed by atoms with Crippen LogP contribution < -0.4 is 5.32 Å². The summed E-state index contributed by atoms with van der Waals surface area (Å²) in [5.74, 6) is 0.210. The molecule has 12 heavy (non-hydrogen) atoms. The van der Waals surface area contributed by atoms with Crippen LogP contribution in [0, 0.1) is 5.92 Å². The summed E-state index contributed by atoms with van der Waals surface area (Å²) in [5, 5.41) is 3.05. The molecule has 0 aliphatic carbocycles. The Morgan fingerprint density at radius 1 is 1.58 bits per heavy atom. The van der Waals surface area contributed by atoms with E-state index in [9.17, 15) is 4.79 Å². The van der Waals surface area contributed by atoms with E-state index in [1.54, 1.807) is 0 Å². The van der Waals surface area contributed by atoms with E-state index in [-0.39, 0.29) is 5.97 Å². The number of methoxy groups -OCH3 is 1. The zero-order valence-electron chi connectivity index (χ0n) is 8.02. The molecular formula is C9H17NO2. The van der Waals surface area contributed by atoms with E-state index in [0.717, 1.165) is 5.70 Å². The molecule has 0 rings (SSSR count). The first-order valence-electron chi connectivity index (χ1n) is 4.07. The highest BCUT2D eigenvalue weighted by Crippen LogP contribution is 2.01. The number of esters is 1. The maximum Gasteiger partial charge on any atom is 0.307 e. The van der Waals surface area contributed by atoms with Crippen molar-refractivity contribution in [1.29, 1.82) is 0 Å². The van der Waals surface area contributed by atoms with Crippen molar-refractivity contribution >= 4 is 5.97 Å². The van der Waals surface area contributed by atoms with E-state index in [0.29, 0.717) is 18.9 Å². The minimum Gasteiger partial charge on any atom is -0.469 e. The molecule has 0 saturated carbocycles. The topological polar surface area (TPSA) is 38.3 Å². The normalized spacial score (nSPS) is 9.67. The minimum atomic E-state index is -0.195. The fraction of sp³-hybridized carbons (Fsp3) is 0.667. The average molecular weight is 171 g/mol. The van der Waals surface area contributed by atoms with Crippen LogP contribution in [-0.2, 0) is 9.53 Å². The van der Waals surface area contributed by atoms with E-state index in [1.165, 1.54) is 7.11 Å². The van der Waals surface area contributed by atoms with Gasteiger partial charge >= 0.3 is 5.97 Å². The van der Waals surface area contributed by atoms with Gasteiger partial charge in [-0.05, 0) is 5.92 Å². The Labute approximate surface area is 73.8 Å². The van der Waals surface area contributed by atoms with Gasteiger partial charge in [0.2, 0.25) is 0 Å². The number of nitrogens with one attached hydrogen (secondary N) is 1. The van der Waals surface area contributed by atoms with Crippen molar-refractivity contribution < 1.29 is 9.53 Å². The second kappa shape index (κ2) is 5.63. The van der Waals surface area contributed by atoms with E-state index in [4.69, 9.17) is 0 Å². The predicted octanol–water partition coefficient (Wildman–Crippen LogP) is 1.31. The van der Waals surface area contributed by atoms with Gasteiger partial charge in [0.1, 0.15) is 0 Å². The molecule has 0 atom stereocenters. The molecule has 0 aliphatic rings. The molecule has 0 aromatic carbocycles. The van der Waals surface area contributed by atoms with Gasteiger partial charge in [0.05, 0.1) is 13.5 Å². The second-order valence-corrected chi connectivity index (χ2v) is 2.93. The van der Waals surface area contributed by atoms with Crippen LogP contribution in [0.25, 0.3) is 0 Å². The van der Waals surface area contributed by atoms with Gasteiger partial charge in [-0.2, -0.15) is 0 Å². The quantitative estimate of drug-likeness (QED) is 0.634. The summed E-state index contributed by atoms with van der Waals surface area (Å²) in [5.41, 5.74) is 0.957. The van der Waals surface area contributed by atoms with Gasteiger partial charge in [0.15, 0.2) is 0 Å². The summed E-state index contributed by atoms with van der Waals surface area (Å²) in [6, 6.07) is 0. The number of carbonyl (C=O) groups is 1. The lowest BCUT2D eigenvalue weighted by atomic mass is 10.1. The molecule has 0 bridgehead atoms. The highest BCUT2D eigenvalue weighted by atomic mass is 16.5. The first-order chi connectivity index (χ1) is 5.57. The highest BCUT2D eigenvalue weighted by molar-refractivity contribution is 5.69. The van der Waals surface area contributed by atoms with Gasteiger partial charge in [-0.3, -0.25) is 4.79 Å². The SMILES string of the molecule is C=C(NCCC(=O)OC)C(C)C. The lowest BCUT2D eigenvalue weighted by Gasteiger charge is -2.11. The molecule has 0 aromatic rings. The number of ether oxygens (including phenoxy) is 1. The van der Waals surface area contributed by atoms with Gasteiger partial charge < -0.3 is 10.1 Å². The van der Waals surface area contributed by atoms with Gasteiger partial charge in [-0.15, -0.1) is 0 Å². The second-order valence-electron chi connectivity index (χ2n) is 2.93. The van der Waals surface area contributed by atoms with Crippen molar-refractivity contribution in [3.63, 3.8) is 0 Å². The van der Waals surface area contributed by atoms with Gasteiger partial charge in [0.25, 0.3) is 0 Å². The van der Waals surface area contributed by atoms with Crippen LogP contribution in [0.3, 0.4) is 0 Å². The molecule has 0 saturated heterocycles. The third-order valence-corrected chi connectivity index (χ3v) is 1.61. The molecule has 0 heterocycles. The number of hydrogen-bond donors (Lipinski definition) is 1. The number of hydrogen-bond acceptors (Lipinski definition) is 3. The molecule has 70 valence electrons. The monoisotopic (exact) mass is 171 g/mol. The number of allylic oxidation sites excluding steroid dienone is 1. The summed E-state index contributed by atoms with van der Waals surface area (Å²) in [6.45, 7) is 8.51. The number of rotatable bonds is 5. The molecular weight excluding hydrogens is 154 g/mol. The summed E-state index contributed by atoms with van der Waals surface area (Å²) >= 11 is 0. The maximum atomic E-state index is 10.7. The highest BCUT2D eigenvalue weighted by Gasteiger charge is 2.01. The Morgan fingerprint density at radius 2 is 2.17 bits per heavy atom. The summed E-state index contributed by atoms with van der Waals surface area (Å²) in [7, 11) is 1.39. The van der Waals surface area contributed by atoms with Gasteiger partial charge in [-0.25, -0.2) is 0 Å². The molecule has 0 aromatic heterocycles. The van der Waals surface area contributed by atoms with Crippen molar-refractivity contribution in [3.05, 3.63) is 12.3 Å². The first-order valence-corrected chi connectivity index (χ1v) is 4.07. The Hall–Kier alpha value is -0.990. The smallest absolute Gasteiger partial charge is 0.307 e. The van der Waals surface area contributed by atoms with Crippen LogP contribution in [0.15, 0.2) is 12.3 Å². The van der Waals surface area contributed by atoms with Crippen LogP contribution in [0.4, 0.5) is 0 Å². The Morgan fingerprint density at radius 3 is 2.58 bits per heavy atom. The molecule has 1 N–H and O–H groups in total. The van der Waals surface area contributed by atoms with Gasteiger partial charge in [-0.1, -0.05) is 20.4 Å². The predicted molar refractivity (Wildman–Crippen MR) is 48.6 cm³/mol. The van der Waals surface area contributed by atoms with Crippen LogP contribution in [0.1, 0.15) is 20.3 Å². The molecule has 3 heteroatoms. The van der Waals surface area contributed by atoms with Gasteiger partial charge in [0, 0.05) is 12.2 Å². The van der Waals surface area contributed by atoms with E-state index in [2.05, 4.69) is 16.6 Å². The minimum absolute atomic E-state index is 0.195. The third-order valence-electron chi connectivity index (χ3n) is 1.61. The van der Waals surface area contributed by atoms with Crippen LogP contribution in [0.5, 0.6) is 0 Å². The Balaban J connectivity index is 3.44. The Bertz CT molecular complexity index is 164. The first kappa shape index (κ1) is 11.0. The molecule has 0 aliphatic heterocycles. The van der Waals surface area contributed by atoms with Crippen molar-refractivity contribution in [2.75, 3.05) is 13.7 Å². The summed E-state index contributed by atoms with van der Waals surface area (Å²) < 4.78 is 4.48. The molecule has 0 radical (unpaired) electrons. The zero-order valence-corrected chi connectivity index (χ0v) is 8.02. The lowest BCUT2D eigenvalue weighted by molar-refractivity contribution is -0.140. The maximum absolute atomic E-state index is 10.7. The van der Waals surface area contributed by atoms with E-state index < -0.39 is 0 Å². The molecule has 0 fully saturated rings. The van der Waals surface area contributed by atoms with Crippen LogP contribution in [0.2, 0.25) is 0 Å². The zero-order chi connectivity index (χ0) is 9.56. The van der Waals surface area contributed by atoms with Crippen LogP contribution >= 0.6 is 0 Å². The standard InChI is InChI=1S/C9H17NO2/c1-7(2)8(3)10-6-5-9(11)12-4/h7,10H,3,5-6H2,1-2,4H3. The Kier molecular flexibility index (Phi) is 5.17. The van der Waals surface area contributed by atoms with Crippen LogP contribution in [-0.4, -0.2) is 19.6 Å². The molecule has 0 amide bonds. The van der Waals surface area contributed by atoms with E-state index in [1.807, 2.05) is 13.8 Å². The molecule has 0 unspecified atom stereocenters. The van der Waals surface area contributed by atoms with E-state index >= 15 is 0 Å². The fourth-order valence-electron chi connectivity index (χ4n) is 0.631. The average Bonchev–Trinajstić information content (AvgIpc) is 2.03. The summed E-state index contributed by atoms with van der Waals surface area (Å²) in [4.78, 5) is 10.7.